The highest BCUT2D eigenvalue weighted by Crippen LogP contribution is 2.38. The summed E-state index contributed by atoms with van der Waals surface area (Å²) in [6.07, 6.45) is 0.867. The molecule has 0 heterocycles. The number of hydrogen-bond acceptors (Lipinski definition) is 4. The van der Waals surface area contributed by atoms with E-state index in [-0.39, 0.29) is 28.6 Å². The van der Waals surface area contributed by atoms with Gasteiger partial charge in [0.05, 0.1) is 22.5 Å². The van der Waals surface area contributed by atoms with Crippen LogP contribution in [0.25, 0.3) is 0 Å². The first-order chi connectivity index (χ1) is 17.4. The van der Waals surface area contributed by atoms with Crippen molar-refractivity contribution < 1.29 is 14.4 Å². The Balaban J connectivity index is 1.63. The van der Waals surface area contributed by atoms with E-state index in [4.69, 9.17) is 0 Å². The first kappa shape index (κ1) is 23.2. The lowest BCUT2D eigenvalue weighted by Gasteiger charge is -2.24. The van der Waals surface area contributed by atoms with Gasteiger partial charge in [-0.25, -0.2) is 0 Å². The summed E-state index contributed by atoms with van der Waals surface area (Å²) in [5, 5.41) is 6.27. The Labute approximate surface area is 210 Å². The van der Waals surface area contributed by atoms with Gasteiger partial charge in [-0.15, -0.1) is 0 Å². The number of nitrogens with one attached hydrogen (secondary N) is 2. The van der Waals surface area contributed by atoms with Gasteiger partial charge in [0.1, 0.15) is 0 Å². The highest BCUT2D eigenvalue weighted by Gasteiger charge is 2.34. The van der Waals surface area contributed by atoms with Gasteiger partial charge in [0.2, 0.25) is 0 Å². The molecule has 4 aromatic carbocycles. The Morgan fingerprint density at radius 2 is 1.22 bits per heavy atom. The molecule has 1 aliphatic rings. The van der Waals surface area contributed by atoms with Crippen LogP contribution in [0.15, 0.2) is 91.0 Å². The van der Waals surface area contributed by atoms with Crippen LogP contribution in [0.5, 0.6) is 0 Å². The van der Waals surface area contributed by atoms with Crippen molar-refractivity contribution >= 4 is 34.5 Å². The summed E-state index contributed by atoms with van der Waals surface area (Å²) in [4.78, 5) is 40.3. The molecule has 5 rings (SSSR count). The molecule has 0 bridgehead atoms. The predicted molar refractivity (Wildman–Crippen MR) is 142 cm³/mol. The van der Waals surface area contributed by atoms with Gasteiger partial charge in [0.25, 0.3) is 5.91 Å². The molecular weight excluding hydrogens is 448 g/mol. The third-order valence-corrected chi connectivity index (χ3v) is 6.27. The second kappa shape index (κ2) is 9.62. The van der Waals surface area contributed by atoms with Crippen LogP contribution >= 0.6 is 0 Å². The van der Waals surface area contributed by atoms with Gasteiger partial charge in [-0.3, -0.25) is 14.4 Å². The molecule has 0 radical (unpaired) electrons. The lowest BCUT2D eigenvalue weighted by atomic mass is 9.82. The number of para-hydroxylation sites is 1. The maximum absolute atomic E-state index is 13.7. The Morgan fingerprint density at radius 1 is 0.667 bits per heavy atom. The molecule has 0 fully saturated rings. The number of carbonyl (C=O) groups is 3. The van der Waals surface area contributed by atoms with Crippen molar-refractivity contribution in [3.8, 4) is 0 Å². The van der Waals surface area contributed by atoms with Gasteiger partial charge < -0.3 is 10.6 Å². The second-order valence-corrected chi connectivity index (χ2v) is 9.31. The highest BCUT2D eigenvalue weighted by molar-refractivity contribution is 6.32. The Kier molecular flexibility index (Phi) is 6.21. The van der Waals surface area contributed by atoms with Gasteiger partial charge >= 0.3 is 0 Å². The van der Waals surface area contributed by atoms with Crippen LogP contribution in [-0.4, -0.2) is 17.5 Å². The van der Waals surface area contributed by atoms with Crippen LogP contribution in [0.2, 0.25) is 0 Å². The fourth-order valence-corrected chi connectivity index (χ4v) is 4.62. The van der Waals surface area contributed by atoms with Crippen molar-refractivity contribution in [2.24, 2.45) is 5.92 Å². The summed E-state index contributed by atoms with van der Waals surface area (Å²) < 4.78 is 0. The van der Waals surface area contributed by atoms with Crippen LogP contribution in [0.4, 0.5) is 17.1 Å². The monoisotopic (exact) mass is 474 g/mol. The van der Waals surface area contributed by atoms with Crippen LogP contribution < -0.4 is 10.6 Å². The Hall–Kier alpha value is -4.51. The number of rotatable bonds is 6. The van der Waals surface area contributed by atoms with E-state index >= 15 is 0 Å². The molecule has 0 aliphatic heterocycles. The normalized spacial score (nSPS) is 12.2. The van der Waals surface area contributed by atoms with Gasteiger partial charge in [-0.2, -0.15) is 0 Å². The highest BCUT2D eigenvalue weighted by atomic mass is 16.2. The zero-order chi connectivity index (χ0) is 25.2. The Bertz CT molecular complexity index is 1490. The van der Waals surface area contributed by atoms with Crippen LogP contribution in [0, 0.1) is 5.92 Å². The van der Waals surface area contributed by atoms with E-state index in [0.29, 0.717) is 34.0 Å². The number of hydrogen-bond donors (Lipinski definition) is 2. The smallest absolute Gasteiger partial charge is 0.255 e. The van der Waals surface area contributed by atoms with E-state index in [1.807, 2.05) is 24.3 Å². The molecule has 0 unspecified atom stereocenters. The summed E-state index contributed by atoms with van der Waals surface area (Å²) in [6, 6.07) is 27.0. The van der Waals surface area contributed by atoms with Crippen molar-refractivity contribution in [2.75, 3.05) is 10.6 Å². The molecule has 0 atom stereocenters. The van der Waals surface area contributed by atoms with Crippen molar-refractivity contribution in [1.82, 2.24) is 0 Å². The van der Waals surface area contributed by atoms with Gasteiger partial charge in [0, 0.05) is 22.4 Å². The van der Waals surface area contributed by atoms with E-state index in [9.17, 15) is 14.4 Å². The zero-order valence-corrected chi connectivity index (χ0v) is 20.2. The van der Waals surface area contributed by atoms with Crippen molar-refractivity contribution in [3.05, 3.63) is 124 Å². The summed E-state index contributed by atoms with van der Waals surface area (Å²) in [6.45, 7) is 4.31. The maximum atomic E-state index is 13.7. The lowest BCUT2D eigenvalue weighted by Crippen LogP contribution is -2.25. The minimum atomic E-state index is -0.347. The molecule has 1 aliphatic carbocycles. The minimum absolute atomic E-state index is 0.203. The fourth-order valence-electron chi connectivity index (χ4n) is 4.62. The molecule has 5 heteroatoms. The van der Waals surface area contributed by atoms with E-state index in [0.717, 1.165) is 17.7 Å². The summed E-state index contributed by atoms with van der Waals surface area (Å²) >= 11 is 0. The average molecular weight is 475 g/mol. The van der Waals surface area contributed by atoms with Gasteiger partial charge in [-0.1, -0.05) is 74.5 Å². The first-order valence-electron chi connectivity index (χ1n) is 12.0. The fraction of sp³-hybridized carbons (Fsp3) is 0.129. The van der Waals surface area contributed by atoms with Crippen LogP contribution in [0.3, 0.4) is 0 Å². The molecule has 0 saturated carbocycles. The molecule has 0 aromatic heterocycles. The van der Waals surface area contributed by atoms with Crippen molar-refractivity contribution in [3.63, 3.8) is 0 Å². The average Bonchev–Trinajstić information content (AvgIpc) is 2.89. The minimum Gasteiger partial charge on any atom is -0.355 e. The largest absolute Gasteiger partial charge is 0.355 e. The molecular formula is C31H26N2O3. The SMILES string of the molecule is CC(C)Cc1ccccc1Nc1ccc(NC(=O)c2ccccc2)c2c1C(=O)c1ccccc1C2=O. The lowest BCUT2D eigenvalue weighted by molar-refractivity contribution is 0.0979. The topological polar surface area (TPSA) is 75.3 Å². The van der Waals surface area contributed by atoms with E-state index in [2.05, 4.69) is 30.5 Å². The summed E-state index contributed by atoms with van der Waals surface area (Å²) in [5.41, 5.74) is 4.48. The third-order valence-electron chi connectivity index (χ3n) is 6.27. The number of benzene rings is 4. The number of ketones is 2. The number of carbonyl (C=O) groups excluding carboxylic acids is 3. The summed E-state index contributed by atoms with van der Waals surface area (Å²) in [5.74, 6) is -0.435. The molecule has 178 valence electrons. The van der Waals surface area contributed by atoms with Crippen molar-refractivity contribution in [1.29, 1.82) is 0 Å². The second-order valence-electron chi connectivity index (χ2n) is 9.31. The third kappa shape index (κ3) is 4.31. The zero-order valence-electron chi connectivity index (χ0n) is 20.2. The van der Waals surface area contributed by atoms with Gasteiger partial charge in [0.15, 0.2) is 11.6 Å². The van der Waals surface area contributed by atoms with Crippen LogP contribution in [0.1, 0.15) is 61.6 Å². The molecule has 0 spiro atoms. The van der Waals surface area contributed by atoms with Crippen LogP contribution in [-0.2, 0) is 6.42 Å². The van der Waals surface area contributed by atoms with E-state index in [1.54, 1.807) is 60.7 Å². The van der Waals surface area contributed by atoms with E-state index < -0.39 is 0 Å². The predicted octanol–water partition coefficient (Wildman–Crippen LogP) is 6.66. The number of amides is 1. The number of anilines is 3. The number of fused-ring (bicyclic) bond motifs is 2. The molecule has 2 N–H and O–H groups in total. The quantitative estimate of drug-likeness (QED) is 0.289. The maximum Gasteiger partial charge on any atom is 0.255 e. The molecule has 4 aromatic rings. The van der Waals surface area contributed by atoms with Gasteiger partial charge in [-0.05, 0) is 48.2 Å². The molecule has 0 saturated heterocycles. The molecule has 1 amide bonds. The summed E-state index contributed by atoms with van der Waals surface area (Å²) in [7, 11) is 0. The molecule has 36 heavy (non-hydrogen) atoms. The van der Waals surface area contributed by atoms with E-state index in [1.165, 1.54) is 0 Å². The standard InChI is InChI=1S/C31H26N2O3/c1-19(2)18-21-12-6-9-15-24(21)32-25-16-17-26(33-31(36)20-10-4-3-5-11-20)28-27(25)29(34)22-13-7-8-14-23(22)30(28)35/h3-17,19,32H,18H2,1-2H3,(H,33,36). The first-order valence-corrected chi connectivity index (χ1v) is 12.0. The Morgan fingerprint density at radius 3 is 1.89 bits per heavy atom. The molecule has 5 nitrogen and oxygen atoms in total. The van der Waals surface area contributed by atoms with Crippen molar-refractivity contribution in [2.45, 2.75) is 20.3 Å².